The van der Waals surface area contributed by atoms with E-state index in [2.05, 4.69) is 5.32 Å². The van der Waals surface area contributed by atoms with Crippen LogP contribution >= 0.6 is 0 Å². The maximum atomic E-state index is 12.6. The Morgan fingerprint density at radius 3 is 2.12 bits per heavy atom. The molecule has 1 aliphatic heterocycles. The van der Waals surface area contributed by atoms with Gasteiger partial charge >= 0.3 is 18.1 Å². The molecule has 1 fully saturated rings. The second kappa shape index (κ2) is 6.06. The first kappa shape index (κ1) is 18.2. The lowest BCUT2D eigenvalue weighted by Crippen LogP contribution is -2.53. The topological polar surface area (TPSA) is 107 Å². The highest BCUT2D eigenvalue weighted by atomic mass is 19.4. The Morgan fingerprint density at radius 2 is 1.75 bits per heavy atom. The van der Waals surface area contributed by atoms with Gasteiger partial charge in [0, 0.05) is 18.4 Å². The van der Waals surface area contributed by atoms with Crippen LogP contribution in [0.4, 0.5) is 13.2 Å². The quantitative estimate of drug-likeness (QED) is 0.654. The predicted octanol–water partition coefficient (Wildman–Crippen LogP) is 1.30. The predicted molar refractivity (Wildman–Crippen MR) is 75.4 cm³/mol. The largest absolute Gasteiger partial charge is 0.480 e. The molecule has 0 saturated carbocycles. The molecule has 1 saturated heterocycles. The maximum absolute atomic E-state index is 12.6. The lowest BCUT2D eigenvalue weighted by Gasteiger charge is -2.28. The summed E-state index contributed by atoms with van der Waals surface area (Å²) in [4.78, 5) is 23.0. The number of halogens is 3. The fourth-order valence-electron chi connectivity index (χ4n) is 3.16. The minimum atomic E-state index is -4.54. The first-order chi connectivity index (χ1) is 11.0. The van der Waals surface area contributed by atoms with E-state index in [1.165, 1.54) is 6.92 Å². The Balaban J connectivity index is 2.48. The van der Waals surface area contributed by atoms with E-state index in [1.54, 1.807) is 0 Å². The summed E-state index contributed by atoms with van der Waals surface area (Å²) in [5.74, 6) is -4.70. The van der Waals surface area contributed by atoms with Crippen LogP contribution in [0.15, 0.2) is 24.3 Å². The van der Waals surface area contributed by atoms with Gasteiger partial charge in [-0.3, -0.25) is 14.9 Å². The van der Waals surface area contributed by atoms with Gasteiger partial charge < -0.3 is 15.3 Å². The van der Waals surface area contributed by atoms with Crippen molar-refractivity contribution in [1.29, 1.82) is 0 Å². The third-order valence-electron chi connectivity index (χ3n) is 4.52. The Bertz CT molecular complexity index is 646. The zero-order chi connectivity index (χ0) is 18.3. The summed E-state index contributed by atoms with van der Waals surface area (Å²) in [7, 11) is 0. The van der Waals surface area contributed by atoms with Crippen LogP contribution in [0.5, 0.6) is 0 Å². The molecule has 0 radical (unpaired) electrons. The molecular formula is C15H16F3NO5. The third kappa shape index (κ3) is 2.96. The van der Waals surface area contributed by atoms with Crippen molar-refractivity contribution in [1.82, 2.24) is 5.32 Å². The standard InChI is InChI=1S/C15H16F3NO5/c1-14(13(23)24)9(6-20)10(11(19-14)12(21)22)7-2-4-8(5-3-7)15(16,17)18/h2-5,9-11,19-20H,6H2,1H3,(H,21,22)(H,23,24)/t9-,10-,11-,14+/m0/s1. The lowest BCUT2D eigenvalue weighted by atomic mass is 9.76. The highest BCUT2D eigenvalue weighted by Gasteiger charge is 2.57. The van der Waals surface area contributed by atoms with Crippen molar-refractivity contribution in [2.45, 2.75) is 30.6 Å². The van der Waals surface area contributed by atoms with Crippen LogP contribution < -0.4 is 5.32 Å². The first-order valence-electron chi connectivity index (χ1n) is 7.04. The molecule has 9 heteroatoms. The molecule has 1 aromatic rings. The molecule has 0 amide bonds. The molecule has 1 aliphatic rings. The molecule has 4 N–H and O–H groups in total. The van der Waals surface area contributed by atoms with E-state index in [0.717, 1.165) is 24.3 Å². The highest BCUT2D eigenvalue weighted by Crippen LogP contribution is 2.43. The van der Waals surface area contributed by atoms with Gasteiger partial charge in [0.2, 0.25) is 0 Å². The average Bonchev–Trinajstić information content (AvgIpc) is 2.81. The molecule has 0 aliphatic carbocycles. The number of carbonyl (C=O) groups is 2. The highest BCUT2D eigenvalue weighted by molar-refractivity contribution is 5.84. The molecule has 1 aromatic carbocycles. The van der Waals surface area contributed by atoms with Gasteiger partial charge in [-0.2, -0.15) is 13.2 Å². The SMILES string of the molecule is C[C@@]1(C(=O)O)N[C@H](C(=O)O)[C@@H](c2ccc(C(F)(F)F)cc2)[C@@H]1CO. The summed E-state index contributed by atoms with van der Waals surface area (Å²) in [6, 6.07) is 2.49. The summed E-state index contributed by atoms with van der Waals surface area (Å²) >= 11 is 0. The van der Waals surface area contributed by atoms with Crippen LogP contribution in [-0.2, 0) is 15.8 Å². The first-order valence-corrected chi connectivity index (χ1v) is 7.04. The number of aliphatic hydroxyl groups excluding tert-OH is 1. The second-order valence-corrected chi connectivity index (χ2v) is 5.90. The van der Waals surface area contributed by atoms with Gasteiger partial charge in [-0.15, -0.1) is 0 Å². The smallest absolute Gasteiger partial charge is 0.416 e. The van der Waals surface area contributed by atoms with Crippen molar-refractivity contribution < 1.29 is 38.1 Å². The van der Waals surface area contributed by atoms with Crippen molar-refractivity contribution in [3.05, 3.63) is 35.4 Å². The van der Waals surface area contributed by atoms with Crippen LogP contribution in [0.25, 0.3) is 0 Å². The number of hydrogen-bond donors (Lipinski definition) is 4. The molecule has 2 rings (SSSR count). The van der Waals surface area contributed by atoms with Gasteiger partial charge in [0.1, 0.15) is 11.6 Å². The van der Waals surface area contributed by atoms with Crippen LogP contribution in [-0.4, -0.2) is 45.4 Å². The van der Waals surface area contributed by atoms with Crippen molar-refractivity contribution >= 4 is 11.9 Å². The number of carboxylic acids is 2. The number of hydrogen-bond acceptors (Lipinski definition) is 4. The lowest BCUT2D eigenvalue weighted by molar-refractivity contribution is -0.146. The molecule has 0 bridgehead atoms. The summed E-state index contributed by atoms with van der Waals surface area (Å²) in [6.45, 7) is 0.613. The number of carboxylic acid groups (broad SMARTS) is 2. The molecule has 0 spiro atoms. The molecule has 132 valence electrons. The van der Waals surface area contributed by atoms with E-state index in [-0.39, 0.29) is 5.56 Å². The summed E-state index contributed by atoms with van der Waals surface area (Å²) < 4.78 is 37.9. The van der Waals surface area contributed by atoms with Gasteiger partial charge in [0.25, 0.3) is 0 Å². The van der Waals surface area contributed by atoms with Gasteiger partial charge in [-0.05, 0) is 24.6 Å². The van der Waals surface area contributed by atoms with E-state index in [4.69, 9.17) is 0 Å². The van der Waals surface area contributed by atoms with E-state index in [9.17, 15) is 38.1 Å². The summed E-state index contributed by atoms with van der Waals surface area (Å²) in [6.07, 6.45) is -4.54. The number of rotatable bonds is 4. The number of aliphatic hydroxyl groups is 1. The molecule has 1 heterocycles. The second-order valence-electron chi connectivity index (χ2n) is 5.90. The normalized spacial score (nSPS) is 30.3. The van der Waals surface area contributed by atoms with Crippen LogP contribution in [0.2, 0.25) is 0 Å². The van der Waals surface area contributed by atoms with Crippen molar-refractivity contribution in [2.24, 2.45) is 5.92 Å². The van der Waals surface area contributed by atoms with Crippen LogP contribution in [0.3, 0.4) is 0 Å². The summed E-state index contributed by atoms with van der Waals surface area (Å²) in [5, 5.41) is 30.8. The van der Waals surface area contributed by atoms with Gasteiger partial charge in [-0.25, -0.2) is 0 Å². The number of benzene rings is 1. The van der Waals surface area contributed by atoms with Crippen molar-refractivity contribution in [2.75, 3.05) is 6.61 Å². The van der Waals surface area contributed by atoms with E-state index in [1.807, 2.05) is 0 Å². The van der Waals surface area contributed by atoms with Gasteiger partial charge in [0.15, 0.2) is 0 Å². The van der Waals surface area contributed by atoms with Crippen LogP contribution in [0.1, 0.15) is 24.0 Å². The fraction of sp³-hybridized carbons (Fsp3) is 0.467. The molecule has 6 nitrogen and oxygen atoms in total. The van der Waals surface area contributed by atoms with E-state index >= 15 is 0 Å². The van der Waals surface area contributed by atoms with Gasteiger partial charge in [-0.1, -0.05) is 12.1 Å². The number of alkyl halides is 3. The monoisotopic (exact) mass is 347 g/mol. The fourth-order valence-corrected chi connectivity index (χ4v) is 3.16. The van der Waals surface area contributed by atoms with Crippen LogP contribution in [0, 0.1) is 5.92 Å². The Morgan fingerprint density at radius 1 is 1.21 bits per heavy atom. The summed E-state index contributed by atoms with van der Waals surface area (Å²) in [5.41, 5.74) is -2.40. The zero-order valence-electron chi connectivity index (χ0n) is 12.5. The molecule has 4 atom stereocenters. The van der Waals surface area contributed by atoms with Gasteiger partial charge in [0.05, 0.1) is 5.56 Å². The molecule has 0 unspecified atom stereocenters. The molecular weight excluding hydrogens is 331 g/mol. The Hall–Kier alpha value is -2.13. The maximum Gasteiger partial charge on any atom is 0.416 e. The van der Waals surface area contributed by atoms with Crippen molar-refractivity contribution in [3.63, 3.8) is 0 Å². The van der Waals surface area contributed by atoms with E-state index < -0.39 is 53.7 Å². The molecule has 24 heavy (non-hydrogen) atoms. The van der Waals surface area contributed by atoms with Crippen molar-refractivity contribution in [3.8, 4) is 0 Å². The number of aliphatic carboxylic acids is 2. The minimum Gasteiger partial charge on any atom is -0.480 e. The Labute approximate surface area is 134 Å². The average molecular weight is 347 g/mol. The Kier molecular flexibility index (Phi) is 4.60. The number of nitrogens with one attached hydrogen (secondary N) is 1. The third-order valence-corrected chi connectivity index (χ3v) is 4.52. The zero-order valence-corrected chi connectivity index (χ0v) is 12.5. The minimum absolute atomic E-state index is 0.215. The molecule has 0 aromatic heterocycles. The van der Waals surface area contributed by atoms with E-state index in [0.29, 0.717) is 0 Å².